The quantitative estimate of drug-likeness (QED) is 0.358. The van der Waals surface area contributed by atoms with E-state index in [0.29, 0.717) is 39.5 Å². The Bertz CT molecular complexity index is 1420. The van der Waals surface area contributed by atoms with Crippen molar-refractivity contribution >= 4 is 5.97 Å². The van der Waals surface area contributed by atoms with Crippen LogP contribution in [0.5, 0.6) is 23.0 Å². The molecular formula is C29H28O10. The van der Waals surface area contributed by atoms with Gasteiger partial charge < -0.3 is 44.1 Å². The van der Waals surface area contributed by atoms with Gasteiger partial charge in [-0.15, -0.1) is 0 Å². The first-order valence-electron chi connectivity index (χ1n) is 12.7. The number of ether oxygens (including phenoxy) is 5. The first-order valence-corrected chi connectivity index (χ1v) is 12.7. The molecule has 0 saturated carbocycles. The van der Waals surface area contributed by atoms with Gasteiger partial charge in [-0.2, -0.15) is 0 Å². The van der Waals surface area contributed by atoms with E-state index in [1.807, 2.05) is 32.0 Å². The third-order valence-electron chi connectivity index (χ3n) is 7.13. The van der Waals surface area contributed by atoms with Crippen LogP contribution in [-0.2, 0) is 15.1 Å². The second-order valence-electron chi connectivity index (χ2n) is 10.0. The summed E-state index contributed by atoms with van der Waals surface area (Å²) >= 11 is 0. The van der Waals surface area contributed by atoms with Crippen molar-refractivity contribution < 1.29 is 48.9 Å². The maximum absolute atomic E-state index is 13.0. The Morgan fingerprint density at radius 3 is 2.23 bits per heavy atom. The van der Waals surface area contributed by atoms with E-state index in [4.69, 9.17) is 23.7 Å². The third-order valence-corrected chi connectivity index (χ3v) is 7.13. The van der Waals surface area contributed by atoms with Crippen LogP contribution in [-0.4, -0.2) is 69.8 Å². The van der Waals surface area contributed by atoms with Crippen LogP contribution in [0.4, 0.5) is 0 Å². The van der Waals surface area contributed by atoms with Gasteiger partial charge in [0, 0.05) is 28.8 Å². The van der Waals surface area contributed by atoms with Gasteiger partial charge in [0.15, 0.2) is 5.60 Å². The summed E-state index contributed by atoms with van der Waals surface area (Å²) in [5.41, 5.74) is 1.02. The summed E-state index contributed by atoms with van der Waals surface area (Å²) in [6.45, 7) is 3.24. The Morgan fingerprint density at radius 2 is 1.54 bits per heavy atom. The van der Waals surface area contributed by atoms with E-state index < -0.39 is 48.9 Å². The van der Waals surface area contributed by atoms with Crippen molar-refractivity contribution in [3.8, 4) is 23.0 Å². The van der Waals surface area contributed by atoms with E-state index >= 15 is 0 Å². The Labute approximate surface area is 223 Å². The normalized spacial score (nSPS) is 28.8. The maximum atomic E-state index is 13.0. The highest BCUT2D eigenvalue weighted by molar-refractivity contribution is 5.97. The first kappa shape index (κ1) is 25.6. The molecule has 0 radical (unpaired) electrons. The van der Waals surface area contributed by atoms with Crippen molar-refractivity contribution in [1.82, 2.24) is 0 Å². The van der Waals surface area contributed by atoms with Gasteiger partial charge in [-0.1, -0.05) is 18.2 Å². The lowest BCUT2D eigenvalue weighted by Crippen LogP contribution is -2.60. The third kappa shape index (κ3) is 4.03. The van der Waals surface area contributed by atoms with Gasteiger partial charge in [0.25, 0.3) is 0 Å². The Kier molecular flexibility index (Phi) is 6.24. The molecule has 0 amide bonds. The van der Waals surface area contributed by atoms with Crippen molar-refractivity contribution in [2.45, 2.75) is 56.3 Å². The fourth-order valence-corrected chi connectivity index (χ4v) is 5.35. The first-order chi connectivity index (χ1) is 18.7. The van der Waals surface area contributed by atoms with E-state index in [1.54, 1.807) is 42.5 Å². The molecule has 3 aromatic carbocycles. The van der Waals surface area contributed by atoms with Crippen LogP contribution in [0.1, 0.15) is 40.9 Å². The highest BCUT2D eigenvalue weighted by Crippen LogP contribution is 2.57. The minimum Gasteiger partial charge on any atom is -0.491 e. The second kappa shape index (κ2) is 9.51. The van der Waals surface area contributed by atoms with Crippen molar-refractivity contribution in [2.24, 2.45) is 0 Å². The van der Waals surface area contributed by atoms with Gasteiger partial charge in [-0.05, 0) is 44.2 Å². The highest BCUT2D eigenvalue weighted by atomic mass is 16.7. The Hall–Kier alpha value is -3.67. The van der Waals surface area contributed by atoms with Crippen molar-refractivity contribution in [1.29, 1.82) is 0 Å². The molecule has 4 N–H and O–H groups in total. The number of carbonyl (C=O) groups excluding carboxylic acids is 1. The minimum absolute atomic E-state index is 0.0727. The molecule has 1 spiro atoms. The summed E-state index contributed by atoms with van der Waals surface area (Å²) in [6, 6.07) is 17.4. The van der Waals surface area contributed by atoms with Crippen LogP contribution in [0, 0.1) is 0 Å². The number of hydrogen-bond donors (Lipinski definition) is 4. The van der Waals surface area contributed by atoms with Gasteiger partial charge in [0.2, 0.25) is 6.29 Å². The lowest BCUT2D eigenvalue weighted by molar-refractivity contribution is -0.277. The standard InChI is InChI=1S/C29H28O10/c1-14(2)35-15-7-9-19-21(11-15)37-22-12-16(36-28-26(33)25(32)24(31)23(13-30)38-28)8-10-20(22)29(19)18-6-4-3-5-17(18)27(34)39-29/h3-12,14,23-26,28,30-33H,13H2,1-2H3/t23?,24-,25-,26?,28+,29?/m0/s1. The second-order valence-corrected chi connectivity index (χ2v) is 10.0. The molecule has 6 atom stereocenters. The molecule has 3 aromatic rings. The summed E-state index contributed by atoms with van der Waals surface area (Å²) in [6.07, 6.45) is -7.24. The van der Waals surface area contributed by atoms with Gasteiger partial charge >= 0.3 is 5.97 Å². The number of rotatable bonds is 5. The molecule has 3 aliphatic rings. The molecule has 10 nitrogen and oxygen atoms in total. The summed E-state index contributed by atoms with van der Waals surface area (Å²) in [4.78, 5) is 13.0. The lowest BCUT2D eigenvalue weighted by atomic mass is 9.77. The minimum atomic E-state index is -1.58. The van der Waals surface area contributed by atoms with Gasteiger partial charge in [0.1, 0.15) is 47.4 Å². The molecule has 0 bridgehead atoms. The van der Waals surface area contributed by atoms with Gasteiger partial charge in [0.05, 0.1) is 18.3 Å². The average molecular weight is 537 g/mol. The number of hydrogen-bond acceptors (Lipinski definition) is 10. The van der Waals surface area contributed by atoms with E-state index in [1.165, 1.54) is 0 Å². The fourth-order valence-electron chi connectivity index (χ4n) is 5.35. The van der Waals surface area contributed by atoms with Crippen molar-refractivity contribution in [3.05, 3.63) is 82.9 Å². The zero-order valence-electron chi connectivity index (χ0n) is 21.2. The zero-order valence-corrected chi connectivity index (χ0v) is 21.2. The van der Waals surface area contributed by atoms with Crippen LogP contribution in [0.2, 0.25) is 0 Å². The van der Waals surface area contributed by atoms with Crippen LogP contribution < -0.4 is 14.2 Å². The number of esters is 1. The molecule has 3 unspecified atom stereocenters. The molecule has 1 fully saturated rings. The summed E-state index contributed by atoms with van der Waals surface area (Å²) in [7, 11) is 0. The van der Waals surface area contributed by atoms with E-state index in [9.17, 15) is 25.2 Å². The number of fused-ring (bicyclic) bond motifs is 6. The average Bonchev–Trinajstić information content (AvgIpc) is 3.21. The van der Waals surface area contributed by atoms with E-state index in [2.05, 4.69) is 0 Å². The molecule has 10 heteroatoms. The molecule has 1 saturated heterocycles. The molecule has 39 heavy (non-hydrogen) atoms. The summed E-state index contributed by atoms with van der Waals surface area (Å²) in [5.74, 6) is 1.08. The van der Waals surface area contributed by atoms with Gasteiger partial charge in [-0.3, -0.25) is 0 Å². The Balaban J connectivity index is 1.43. The van der Waals surface area contributed by atoms with E-state index in [-0.39, 0.29) is 11.9 Å². The molecule has 6 rings (SSSR count). The molecule has 3 heterocycles. The van der Waals surface area contributed by atoms with Crippen LogP contribution in [0.25, 0.3) is 0 Å². The molecule has 0 aliphatic carbocycles. The predicted octanol–water partition coefficient (Wildman–Crippen LogP) is 2.22. The number of aliphatic hydroxyl groups excluding tert-OH is 4. The van der Waals surface area contributed by atoms with Crippen LogP contribution >= 0.6 is 0 Å². The predicted molar refractivity (Wildman–Crippen MR) is 135 cm³/mol. The highest BCUT2D eigenvalue weighted by Gasteiger charge is 2.53. The van der Waals surface area contributed by atoms with Crippen LogP contribution in [0.3, 0.4) is 0 Å². The number of carbonyl (C=O) groups is 1. The zero-order chi connectivity index (χ0) is 27.5. The number of aliphatic hydroxyl groups is 4. The van der Waals surface area contributed by atoms with E-state index in [0.717, 1.165) is 0 Å². The smallest absolute Gasteiger partial charge is 0.340 e. The molecule has 204 valence electrons. The van der Waals surface area contributed by atoms with Gasteiger partial charge in [-0.25, -0.2) is 4.79 Å². The molecular weight excluding hydrogens is 508 g/mol. The van der Waals surface area contributed by atoms with Crippen LogP contribution in [0.15, 0.2) is 60.7 Å². The number of benzene rings is 3. The van der Waals surface area contributed by atoms with Crippen molar-refractivity contribution in [2.75, 3.05) is 6.61 Å². The molecule has 0 aromatic heterocycles. The SMILES string of the molecule is CC(C)Oc1ccc2c(c1)Oc1cc(O[C@@H]3OC(CO)[C@H](O)[C@H](O)C3O)ccc1C21OC(=O)c2ccccc21. The summed E-state index contributed by atoms with van der Waals surface area (Å²) < 4.78 is 29.6. The molecule has 3 aliphatic heterocycles. The lowest BCUT2D eigenvalue weighted by Gasteiger charge is -2.40. The Morgan fingerprint density at radius 1 is 0.872 bits per heavy atom. The van der Waals surface area contributed by atoms with Crippen molar-refractivity contribution in [3.63, 3.8) is 0 Å². The topological polar surface area (TPSA) is 144 Å². The summed E-state index contributed by atoms with van der Waals surface area (Å²) in [5, 5.41) is 40.1. The maximum Gasteiger partial charge on any atom is 0.340 e. The fraction of sp³-hybridized carbons (Fsp3) is 0.345. The monoisotopic (exact) mass is 536 g/mol. The largest absolute Gasteiger partial charge is 0.491 e.